The summed E-state index contributed by atoms with van der Waals surface area (Å²) in [5, 5.41) is 10.2. The summed E-state index contributed by atoms with van der Waals surface area (Å²) in [6.45, 7) is 15.6. The molecule has 1 nitrogen and oxygen atoms in total. The highest BCUT2D eigenvalue weighted by atomic mass is 16.3. The van der Waals surface area contributed by atoms with Crippen LogP contribution in [-0.2, 0) is 0 Å². The molecular weight excluding hydrogens is 184 g/mol. The standard InChI is InChI=1S/C14H30O/c1-8-10(2)12(4)13(15)9-11(3)14(5,6)7/h10-13,15H,8-9H2,1-7H3. The van der Waals surface area contributed by atoms with Gasteiger partial charge in [0.2, 0.25) is 0 Å². The van der Waals surface area contributed by atoms with Crippen LogP contribution in [0.25, 0.3) is 0 Å². The molecular formula is C14H30O. The predicted octanol–water partition coefficient (Wildman–Crippen LogP) is 4.10. The molecule has 4 atom stereocenters. The van der Waals surface area contributed by atoms with E-state index in [1.807, 2.05) is 0 Å². The second kappa shape index (κ2) is 5.89. The molecule has 0 spiro atoms. The van der Waals surface area contributed by atoms with Crippen LogP contribution in [0.3, 0.4) is 0 Å². The van der Waals surface area contributed by atoms with E-state index in [2.05, 4.69) is 48.5 Å². The van der Waals surface area contributed by atoms with Crippen LogP contribution in [-0.4, -0.2) is 11.2 Å². The molecule has 0 saturated heterocycles. The summed E-state index contributed by atoms with van der Waals surface area (Å²) in [6, 6.07) is 0. The minimum absolute atomic E-state index is 0.144. The predicted molar refractivity (Wildman–Crippen MR) is 67.9 cm³/mol. The van der Waals surface area contributed by atoms with Crippen LogP contribution in [0.2, 0.25) is 0 Å². The summed E-state index contributed by atoms with van der Waals surface area (Å²) in [7, 11) is 0. The number of aliphatic hydroxyl groups is 1. The van der Waals surface area contributed by atoms with E-state index < -0.39 is 0 Å². The maximum Gasteiger partial charge on any atom is 0.0571 e. The van der Waals surface area contributed by atoms with Crippen molar-refractivity contribution < 1.29 is 5.11 Å². The molecule has 0 amide bonds. The van der Waals surface area contributed by atoms with Crippen LogP contribution >= 0.6 is 0 Å². The van der Waals surface area contributed by atoms with Gasteiger partial charge >= 0.3 is 0 Å². The van der Waals surface area contributed by atoms with Gasteiger partial charge in [0.05, 0.1) is 6.10 Å². The molecule has 0 aliphatic rings. The van der Waals surface area contributed by atoms with Crippen molar-refractivity contribution in [3.8, 4) is 0 Å². The van der Waals surface area contributed by atoms with Crippen LogP contribution < -0.4 is 0 Å². The van der Waals surface area contributed by atoms with Crippen molar-refractivity contribution in [3.63, 3.8) is 0 Å². The molecule has 0 fully saturated rings. The average molecular weight is 214 g/mol. The van der Waals surface area contributed by atoms with E-state index in [1.54, 1.807) is 0 Å². The van der Waals surface area contributed by atoms with E-state index in [0.717, 1.165) is 12.8 Å². The Bertz CT molecular complexity index is 169. The summed E-state index contributed by atoms with van der Waals surface area (Å²) < 4.78 is 0. The molecule has 0 bridgehead atoms. The van der Waals surface area contributed by atoms with Gasteiger partial charge in [-0.2, -0.15) is 0 Å². The van der Waals surface area contributed by atoms with Crippen LogP contribution in [0.5, 0.6) is 0 Å². The third-order valence-electron chi connectivity index (χ3n) is 4.22. The lowest BCUT2D eigenvalue weighted by atomic mass is 9.76. The average Bonchev–Trinajstić information content (AvgIpc) is 2.13. The van der Waals surface area contributed by atoms with Gasteiger partial charge in [0.25, 0.3) is 0 Å². The number of rotatable bonds is 5. The van der Waals surface area contributed by atoms with Gasteiger partial charge < -0.3 is 5.11 Å². The van der Waals surface area contributed by atoms with Gasteiger partial charge in [-0.3, -0.25) is 0 Å². The van der Waals surface area contributed by atoms with E-state index >= 15 is 0 Å². The smallest absolute Gasteiger partial charge is 0.0571 e. The molecule has 0 aromatic carbocycles. The SMILES string of the molecule is CCC(C)C(C)C(O)CC(C)C(C)(C)C. The summed E-state index contributed by atoms with van der Waals surface area (Å²) in [6.07, 6.45) is 1.94. The molecule has 1 N–H and O–H groups in total. The molecule has 0 saturated carbocycles. The Morgan fingerprint density at radius 3 is 1.87 bits per heavy atom. The molecule has 15 heavy (non-hydrogen) atoms. The van der Waals surface area contributed by atoms with Crippen LogP contribution in [0.1, 0.15) is 61.3 Å². The number of hydrogen-bond acceptors (Lipinski definition) is 1. The van der Waals surface area contributed by atoms with Crippen LogP contribution in [0, 0.1) is 23.2 Å². The normalized spacial score (nSPS) is 20.8. The molecule has 0 heterocycles. The summed E-state index contributed by atoms with van der Waals surface area (Å²) in [5.74, 6) is 1.60. The molecule has 92 valence electrons. The minimum Gasteiger partial charge on any atom is -0.393 e. The van der Waals surface area contributed by atoms with E-state index in [9.17, 15) is 5.11 Å². The highest BCUT2D eigenvalue weighted by Gasteiger charge is 2.26. The fourth-order valence-corrected chi connectivity index (χ4v) is 1.68. The summed E-state index contributed by atoms with van der Waals surface area (Å²) in [5.41, 5.74) is 0.302. The fraction of sp³-hybridized carbons (Fsp3) is 1.00. The zero-order valence-electron chi connectivity index (χ0n) is 11.7. The molecule has 0 aromatic heterocycles. The largest absolute Gasteiger partial charge is 0.393 e. The van der Waals surface area contributed by atoms with Crippen molar-refractivity contribution in [2.45, 2.75) is 67.4 Å². The lowest BCUT2D eigenvalue weighted by Crippen LogP contribution is -2.29. The molecule has 1 heteroatoms. The zero-order chi connectivity index (χ0) is 12.2. The molecule has 0 aromatic rings. The third kappa shape index (κ3) is 5.01. The van der Waals surface area contributed by atoms with Crippen LogP contribution in [0.15, 0.2) is 0 Å². The van der Waals surface area contributed by atoms with E-state index in [4.69, 9.17) is 0 Å². The second-order valence-corrected chi connectivity index (χ2v) is 6.31. The van der Waals surface area contributed by atoms with Gasteiger partial charge in [0.1, 0.15) is 0 Å². The second-order valence-electron chi connectivity index (χ2n) is 6.31. The van der Waals surface area contributed by atoms with E-state index in [-0.39, 0.29) is 6.10 Å². The quantitative estimate of drug-likeness (QED) is 0.730. The first-order valence-corrected chi connectivity index (χ1v) is 6.38. The van der Waals surface area contributed by atoms with Crippen LogP contribution in [0.4, 0.5) is 0 Å². The van der Waals surface area contributed by atoms with Crippen molar-refractivity contribution >= 4 is 0 Å². The first kappa shape index (κ1) is 15.0. The molecule has 0 rings (SSSR count). The molecule has 0 radical (unpaired) electrons. The first-order valence-electron chi connectivity index (χ1n) is 6.38. The Morgan fingerprint density at radius 1 is 1.07 bits per heavy atom. The first-order chi connectivity index (χ1) is 6.70. The summed E-state index contributed by atoms with van der Waals surface area (Å²) >= 11 is 0. The van der Waals surface area contributed by atoms with E-state index in [1.165, 1.54) is 0 Å². The van der Waals surface area contributed by atoms with Gasteiger partial charge in [-0.05, 0) is 29.6 Å². The lowest BCUT2D eigenvalue weighted by molar-refractivity contribution is 0.0465. The fourth-order valence-electron chi connectivity index (χ4n) is 1.68. The van der Waals surface area contributed by atoms with Crippen molar-refractivity contribution in [2.24, 2.45) is 23.2 Å². The van der Waals surface area contributed by atoms with Gasteiger partial charge in [-0.1, -0.05) is 54.9 Å². The monoisotopic (exact) mass is 214 g/mol. The maximum atomic E-state index is 10.2. The van der Waals surface area contributed by atoms with Crippen molar-refractivity contribution in [1.82, 2.24) is 0 Å². The number of aliphatic hydroxyl groups excluding tert-OH is 1. The Kier molecular flexibility index (Phi) is 5.87. The Labute approximate surface area is 96.3 Å². The minimum atomic E-state index is -0.144. The molecule has 4 unspecified atom stereocenters. The molecule has 0 aliphatic heterocycles. The number of hydrogen-bond donors (Lipinski definition) is 1. The van der Waals surface area contributed by atoms with E-state index in [0.29, 0.717) is 23.2 Å². The summed E-state index contributed by atoms with van der Waals surface area (Å²) in [4.78, 5) is 0. The Balaban J connectivity index is 4.18. The molecule has 0 aliphatic carbocycles. The Morgan fingerprint density at radius 2 is 1.53 bits per heavy atom. The topological polar surface area (TPSA) is 20.2 Å². The highest BCUT2D eigenvalue weighted by Crippen LogP contribution is 2.32. The zero-order valence-corrected chi connectivity index (χ0v) is 11.7. The highest BCUT2D eigenvalue weighted by molar-refractivity contribution is 4.77. The maximum absolute atomic E-state index is 10.2. The van der Waals surface area contributed by atoms with Crippen molar-refractivity contribution in [3.05, 3.63) is 0 Å². The van der Waals surface area contributed by atoms with Gasteiger partial charge in [0.15, 0.2) is 0 Å². The Hall–Kier alpha value is -0.0400. The van der Waals surface area contributed by atoms with Crippen molar-refractivity contribution in [2.75, 3.05) is 0 Å². The van der Waals surface area contributed by atoms with Gasteiger partial charge in [-0.25, -0.2) is 0 Å². The van der Waals surface area contributed by atoms with Crippen molar-refractivity contribution in [1.29, 1.82) is 0 Å². The lowest BCUT2D eigenvalue weighted by Gasteiger charge is -2.32. The third-order valence-corrected chi connectivity index (χ3v) is 4.22. The van der Waals surface area contributed by atoms with Gasteiger partial charge in [0, 0.05) is 0 Å². The van der Waals surface area contributed by atoms with Gasteiger partial charge in [-0.15, -0.1) is 0 Å².